The minimum absolute atomic E-state index is 0.549. The maximum atomic E-state index is 2.80. The second kappa shape index (κ2) is 16.6. The number of nitrogens with zero attached hydrogens (tertiary/aromatic N) is 2. The van der Waals surface area contributed by atoms with E-state index >= 15 is 0 Å². The predicted octanol–water partition coefficient (Wildman–Crippen LogP) is 12.0. The zero-order valence-corrected chi connectivity index (χ0v) is 29.2. The van der Waals surface area contributed by atoms with Crippen LogP contribution in [0.3, 0.4) is 0 Å². The first-order chi connectivity index (χ1) is 21.3. The quantitative estimate of drug-likeness (QED) is 0.120. The maximum Gasteiger partial charge on any atom is 0.0245 e. The molecule has 44 heavy (non-hydrogen) atoms. The molecule has 238 valence electrons. The molecule has 0 aliphatic heterocycles. The highest BCUT2D eigenvalue weighted by atomic mass is 15.2. The zero-order valence-electron chi connectivity index (χ0n) is 29.2. The van der Waals surface area contributed by atoms with E-state index in [2.05, 4.69) is 138 Å². The third kappa shape index (κ3) is 7.93. The van der Waals surface area contributed by atoms with Crippen molar-refractivity contribution in [1.82, 2.24) is 9.80 Å². The molecule has 0 aromatic heterocycles. The number of hydrogen-bond acceptors (Lipinski definition) is 2. The average molecular weight is 593 g/mol. The van der Waals surface area contributed by atoms with Gasteiger partial charge in [-0.2, -0.15) is 0 Å². The molecule has 4 aromatic rings. The Morgan fingerprint density at radius 1 is 0.432 bits per heavy atom. The summed E-state index contributed by atoms with van der Waals surface area (Å²) < 4.78 is 0. The van der Waals surface area contributed by atoms with Crippen molar-refractivity contribution in [3.8, 4) is 11.1 Å². The standard InChI is InChI=1S/C42H60N2/c1-9-17-31(5)43(32(6)18-10-2)29-37-27-25-35-21-13-15-23-39(35)41(37)42-38(28-26-36-22-14-16-24-40(36)42)30-44(33(7)19-11-3)34(8)20-12-4/h13-16,21-28,31-34H,9-12,17-20,29-30H2,1-8H3. The van der Waals surface area contributed by atoms with Crippen LogP contribution in [0, 0.1) is 0 Å². The van der Waals surface area contributed by atoms with E-state index in [9.17, 15) is 0 Å². The van der Waals surface area contributed by atoms with Gasteiger partial charge in [0.05, 0.1) is 0 Å². The maximum absolute atomic E-state index is 2.80. The fourth-order valence-electron chi connectivity index (χ4n) is 7.71. The summed E-state index contributed by atoms with van der Waals surface area (Å²) in [7, 11) is 0. The van der Waals surface area contributed by atoms with Crippen molar-refractivity contribution in [3.05, 3.63) is 83.9 Å². The minimum atomic E-state index is 0.549. The number of benzene rings is 4. The van der Waals surface area contributed by atoms with Gasteiger partial charge in [0.2, 0.25) is 0 Å². The third-order valence-corrected chi connectivity index (χ3v) is 10.1. The zero-order chi connectivity index (χ0) is 31.6. The lowest BCUT2D eigenvalue weighted by Crippen LogP contribution is -2.40. The number of rotatable bonds is 17. The molecular formula is C42H60N2. The number of fused-ring (bicyclic) bond motifs is 2. The molecule has 0 radical (unpaired) electrons. The Morgan fingerprint density at radius 2 is 0.750 bits per heavy atom. The second-order valence-electron chi connectivity index (χ2n) is 13.5. The Bertz CT molecular complexity index is 1320. The van der Waals surface area contributed by atoms with E-state index in [0.717, 1.165) is 13.1 Å². The Labute approximate surface area is 269 Å². The smallest absolute Gasteiger partial charge is 0.0245 e. The molecule has 0 fully saturated rings. The summed E-state index contributed by atoms with van der Waals surface area (Å²) in [6, 6.07) is 30.0. The van der Waals surface area contributed by atoms with Crippen LogP contribution in [0.1, 0.15) is 118 Å². The Kier molecular flexibility index (Phi) is 12.9. The normalized spacial score (nSPS) is 14.9. The largest absolute Gasteiger partial charge is 0.294 e. The first-order valence-electron chi connectivity index (χ1n) is 17.9. The summed E-state index contributed by atoms with van der Waals surface area (Å²) in [6.45, 7) is 21.1. The fourth-order valence-corrected chi connectivity index (χ4v) is 7.71. The summed E-state index contributed by atoms with van der Waals surface area (Å²) >= 11 is 0. The van der Waals surface area contributed by atoms with Gasteiger partial charge in [0.25, 0.3) is 0 Å². The molecule has 0 saturated carbocycles. The molecule has 2 nitrogen and oxygen atoms in total. The summed E-state index contributed by atoms with van der Waals surface area (Å²) in [5.41, 5.74) is 5.81. The lowest BCUT2D eigenvalue weighted by atomic mass is 9.86. The molecule has 0 saturated heterocycles. The van der Waals surface area contributed by atoms with Gasteiger partial charge in [-0.3, -0.25) is 9.80 Å². The van der Waals surface area contributed by atoms with Crippen LogP contribution < -0.4 is 0 Å². The highest BCUT2D eigenvalue weighted by molar-refractivity contribution is 6.07. The van der Waals surface area contributed by atoms with E-state index < -0.39 is 0 Å². The van der Waals surface area contributed by atoms with E-state index in [4.69, 9.17) is 0 Å². The Morgan fingerprint density at radius 3 is 1.07 bits per heavy atom. The molecule has 0 spiro atoms. The second-order valence-corrected chi connectivity index (χ2v) is 13.5. The van der Waals surface area contributed by atoms with Gasteiger partial charge >= 0.3 is 0 Å². The van der Waals surface area contributed by atoms with E-state index in [1.165, 1.54) is 95.2 Å². The molecule has 0 aliphatic carbocycles. The Hall–Kier alpha value is -2.68. The van der Waals surface area contributed by atoms with Crippen LogP contribution >= 0.6 is 0 Å². The summed E-state index contributed by atoms with van der Waals surface area (Å²) in [6.07, 6.45) is 9.80. The molecular weight excluding hydrogens is 532 g/mol. The predicted molar refractivity (Wildman–Crippen MR) is 195 cm³/mol. The molecule has 4 atom stereocenters. The highest BCUT2D eigenvalue weighted by Crippen LogP contribution is 2.41. The lowest BCUT2D eigenvalue weighted by molar-refractivity contribution is 0.129. The third-order valence-electron chi connectivity index (χ3n) is 10.1. The van der Waals surface area contributed by atoms with Crippen LogP contribution in [0.5, 0.6) is 0 Å². The molecule has 4 aromatic carbocycles. The first kappa shape index (κ1) is 34.2. The van der Waals surface area contributed by atoms with E-state index in [0.29, 0.717) is 24.2 Å². The van der Waals surface area contributed by atoms with Gasteiger partial charge in [0.1, 0.15) is 0 Å². The molecule has 4 unspecified atom stereocenters. The molecule has 0 amide bonds. The SMILES string of the molecule is CCCC(C)N(Cc1ccc2ccccc2c1-c1c(CN(C(C)CCC)C(C)CCC)ccc2ccccc12)C(C)CCC. The molecule has 0 N–H and O–H groups in total. The van der Waals surface area contributed by atoms with Gasteiger partial charge in [-0.1, -0.05) is 126 Å². The van der Waals surface area contributed by atoms with Crippen LogP contribution in [0.25, 0.3) is 32.7 Å². The Balaban J connectivity index is 1.98. The van der Waals surface area contributed by atoms with Gasteiger partial charge < -0.3 is 0 Å². The van der Waals surface area contributed by atoms with Gasteiger partial charge in [-0.05, 0) is 97.2 Å². The molecule has 4 rings (SSSR count). The summed E-state index contributed by atoms with van der Waals surface area (Å²) in [5, 5.41) is 5.41. The van der Waals surface area contributed by atoms with Crippen molar-refractivity contribution >= 4 is 21.5 Å². The number of hydrogen-bond donors (Lipinski definition) is 0. The van der Waals surface area contributed by atoms with Crippen LogP contribution in [-0.4, -0.2) is 34.0 Å². The minimum Gasteiger partial charge on any atom is -0.294 e. The van der Waals surface area contributed by atoms with Gasteiger partial charge in [0.15, 0.2) is 0 Å². The van der Waals surface area contributed by atoms with Crippen LogP contribution in [0.15, 0.2) is 72.8 Å². The van der Waals surface area contributed by atoms with Crippen molar-refractivity contribution in [1.29, 1.82) is 0 Å². The van der Waals surface area contributed by atoms with E-state index in [1.807, 2.05) is 0 Å². The summed E-state index contributed by atoms with van der Waals surface area (Å²) in [4.78, 5) is 5.59. The van der Waals surface area contributed by atoms with Gasteiger partial charge in [-0.15, -0.1) is 0 Å². The van der Waals surface area contributed by atoms with Crippen LogP contribution in [0.2, 0.25) is 0 Å². The van der Waals surface area contributed by atoms with E-state index in [-0.39, 0.29) is 0 Å². The van der Waals surface area contributed by atoms with Crippen molar-refractivity contribution in [2.75, 3.05) is 0 Å². The van der Waals surface area contributed by atoms with Crippen molar-refractivity contribution < 1.29 is 0 Å². The lowest BCUT2D eigenvalue weighted by Gasteiger charge is -2.37. The van der Waals surface area contributed by atoms with Gasteiger partial charge in [0, 0.05) is 37.3 Å². The average Bonchev–Trinajstić information content (AvgIpc) is 3.02. The molecule has 2 heteroatoms. The van der Waals surface area contributed by atoms with Crippen molar-refractivity contribution in [3.63, 3.8) is 0 Å². The first-order valence-corrected chi connectivity index (χ1v) is 17.9. The monoisotopic (exact) mass is 592 g/mol. The molecule has 0 aliphatic rings. The molecule has 0 bridgehead atoms. The summed E-state index contributed by atoms with van der Waals surface area (Å²) in [5.74, 6) is 0. The molecule has 0 heterocycles. The topological polar surface area (TPSA) is 6.48 Å². The fraction of sp³-hybridized carbons (Fsp3) is 0.524. The van der Waals surface area contributed by atoms with E-state index in [1.54, 1.807) is 0 Å². The van der Waals surface area contributed by atoms with Crippen molar-refractivity contribution in [2.24, 2.45) is 0 Å². The van der Waals surface area contributed by atoms with Crippen LogP contribution in [-0.2, 0) is 13.1 Å². The van der Waals surface area contributed by atoms with Crippen LogP contribution in [0.4, 0.5) is 0 Å². The van der Waals surface area contributed by atoms with Crippen molar-refractivity contribution in [2.45, 2.75) is 144 Å². The highest BCUT2D eigenvalue weighted by Gasteiger charge is 2.26. The van der Waals surface area contributed by atoms with Gasteiger partial charge in [-0.25, -0.2) is 0 Å².